The Morgan fingerprint density at radius 1 is 1.45 bits per heavy atom. The molecule has 4 nitrogen and oxygen atoms in total. The molecule has 0 saturated heterocycles. The van der Waals surface area contributed by atoms with Gasteiger partial charge in [0.25, 0.3) is 0 Å². The molecule has 20 heavy (non-hydrogen) atoms. The molecule has 6 heteroatoms. The molecule has 0 aliphatic heterocycles. The molecule has 0 bridgehead atoms. The van der Waals surface area contributed by atoms with E-state index in [1.54, 1.807) is 11.3 Å². The van der Waals surface area contributed by atoms with E-state index >= 15 is 0 Å². The van der Waals surface area contributed by atoms with Crippen LogP contribution in [-0.2, 0) is 13.0 Å². The Hall–Kier alpha value is -0.720. The molecule has 0 saturated carbocycles. The van der Waals surface area contributed by atoms with E-state index in [4.69, 9.17) is 0 Å². The molecule has 0 aliphatic carbocycles. The van der Waals surface area contributed by atoms with Crippen molar-refractivity contribution in [3.05, 3.63) is 32.4 Å². The maximum absolute atomic E-state index is 4.59. The fourth-order valence-electron chi connectivity index (χ4n) is 2.27. The van der Waals surface area contributed by atoms with Crippen molar-refractivity contribution in [1.82, 2.24) is 20.1 Å². The average Bonchev–Trinajstić information content (AvgIpc) is 3.00. The van der Waals surface area contributed by atoms with E-state index in [1.807, 2.05) is 6.20 Å². The van der Waals surface area contributed by atoms with Crippen molar-refractivity contribution < 1.29 is 0 Å². The number of hydrogen-bond donors (Lipinski definition) is 1. The van der Waals surface area contributed by atoms with Gasteiger partial charge < -0.3 is 5.32 Å². The largest absolute Gasteiger partial charge is 0.308 e. The van der Waals surface area contributed by atoms with Gasteiger partial charge in [0.2, 0.25) is 0 Å². The summed E-state index contributed by atoms with van der Waals surface area (Å²) in [7, 11) is 0. The minimum atomic E-state index is 0.244. The molecule has 110 valence electrons. The van der Waals surface area contributed by atoms with Gasteiger partial charge in [-0.3, -0.25) is 4.68 Å². The molecule has 2 aromatic rings. The molecule has 1 unspecified atom stereocenters. The summed E-state index contributed by atoms with van der Waals surface area (Å²) in [5.41, 5.74) is 2.36. The molecular weight excluding hydrogens is 336 g/mol. The Morgan fingerprint density at radius 3 is 2.85 bits per heavy atom. The lowest BCUT2D eigenvalue weighted by atomic mass is 10.1. The molecule has 0 aliphatic rings. The molecule has 0 spiro atoms. The smallest absolute Gasteiger partial charge is 0.0897 e. The van der Waals surface area contributed by atoms with Gasteiger partial charge in [0.15, 0.2) is 0 Å². The zero-order chi connectivity index (χ0) is 14.5. The van der Waals surface area contributed by atoms with Crippen molar-refractivity contribution in [1.29, 1.82) is 0 Å². The molecule has 0 radical (unpaired) electrons. The molecule has 2 aromatic heterocycles. The van der Waals surface area contributed by atoms with Crippen LogP contribution in [0, 0.1) is 6.92 Å². The molecule has 1 N–H and O–H groups in total. The molecular formula is C14H21BrN4S. The number of halogens is 1. The van der Waals surface area contributed by atoms with Crippen molar-refractivity contribution in [2.24, 2.45) is 0 Å². The van der Waals surface area contributed by atoms with Crippen LogP contribution in [0.2, 0.25) is 0 Å². The number of aryl methyl sites for hydroxylation is 2. The van der Waals surface area contributed by atoms with Crippen LogP contribution in [0.15, 0.2) is 16.0 Å². The number of hydrogen-bond acceptors (Lipinski definition) is 4. The van der Waals surface area contributed by atoms with E-state index in [0.29, 0.717) is 0 Å². The predicted octanol–water partition coefficient (Wildman–Crippen LogP) is 3.71. The monoisotopic (exact) mass is 356 g/mol. The van der Waals surface area contributed by atoms with Crippen molar-refractivity contribution in [2.45, 2.75) is 46.2 Å². The Bertz CT molecular complexity index is 549. The highest BCUT2D eigenvalue weighted by Gasteiger charge is 2.20. The second-order valence-corrected chi connectivity index (χ2v) is 6.68. The van der Waals surface area contributed by atoms with Crippen molar-refractivity contribution in [2.75, 3.05) is 6.54 Å². The highest BCUT2D eigenvalue weighted by Crippen LogP contribution is 2.26. The second kappa shape index (κ2) is 7.33. The maximum atomic E-state index is 4.59. The normalized spacial score (nSPS) is 12.8. The van der Waals surface area contributed by atoms with Gasteiger partial charge in [-0.25, -0.2) is 4.98 Å². The zero-order valence-electron chi connectivity index (χ0n) is 12.2. The fourth-order valence-corrected chi connectivity index (χ4v) is 3.46. The van der Waals surface area contributed by atoms with Crippen LogP contribution in [0.1, 0.15) is 42.7 Å². The summed E-state index contributed by atoms with van der Waals surface area (Å²) in [6, 6.07) is 0.244. The Balaban J connectivity index is 2.24. The molecule has 1 atom stereocenters. The van der Waals surface area contributed by atoms with Crippen molar-refractivity contribution >= 4 is 27.3 Å². The fraction of sp³-hybridized carbons (Fsp3) is 0.571. The van der Waals surface area contributed by atoms with Crippen LogP contribution < -0.4 is 5.32 Å². The van der Waals surface area contributed by atoms with Gasteiger partial charge in [0, 0.05) is 18.3 Å². The van der Waals surface area contributed by atoms with Gasteiger partial charge in [0.05, 0.1) is 33.1 Å². The van der Waals surface area contributed by atoms with Gasteiger partial charge in [-0.1, -0.05) is 6.92 Å². The van der Waals surface area contributed by atoms with E-state index in [1.165, 1.54) is 5.69 Å². The summed E-state index contributed by atoms with van der Waals surface area (Å²) in [5.74, 6) is 0. The van der Waals surface area contributed by atoms with Crippen LogP contribution in [0.25, 0.3) is 0 Å². The van der Waals surface area contributed by atoms with Crippen molar-refractivity contribution in [3.63, 3.8) is 0 Å². The van der Waals surface area contributed by atoms with Gasteiger partial charge >= 0.3 is 0 Å². The second-order valence-electron chi connectivity index (χ2n) is 4.76. The zero-order valence-corrected chi connectivity index (χ0v) is 14.6. The number of nitrogens with zero attached hydrogens (tertiary/aromatic N) is 3. The average molecular weight is 357 g/mol. The molecule has 2 heterocycles. The minimum Gasteiger partial charge on any atom is -0.308 e. The third-order valence-corrected chi connectivity index (χ3v) is 4.62. The number of thiazole rings is 1. The molecule has 0 fully saturated rings. The van der Waals surface area contributed by atoms with E-state index < -0.39 is 0 Å². The van der Waals surface area contributed by atoms with E-state index in [2.05, 4.69) is 62.2 Å². The topological polar surface area (TPSA) is 42.7 Å². The highest BCUT2D eigenvalue weighted by molar-refractivity contribution is 9.10. The minimum absolute atomic E-state index is 0.244. The number of rotatable bonds is 7. The van der Waals surface area contributed by atoms with Gasteiger partial charge in [-0.15, -0.1) is 11.3 Å². The quantitative estimate of drug-likeness (QED) is 0.821. The van der Waals surface area contributed by atoms with E-state index in [-0.39, 0.29) is 6.04 Å². The summed E-state index contributed by atoms with van der Waals surface area (Å²) in [6.07, 6.45) is 3.89. The highest BCUT2D eigenvalue weighted by atomic mass is 79.9. The number of aromatic nitrogens is 3. The SMILES string of the molecule is CCCNC(Cc1csc(C)n1)c1c(Br)cnn1CC. The van der Waals surface area contributed by atoms with Gasteiger partial charge in [-0.05, 0) is 42.7 Å². The van der Waals surface area contributed by atoms with Crippen molar-refractivity contribution in [3.8, 4) is 0 Å². The standard InChI is InChI=1S/C14H21BrN4S/c1-4-6-16-13(7-11-9-20-10(3)18-11)14-12(15)8-17-19(14)5-2/h8-9,13,16H,4-7H2,1-3H3. The number of nitrogens with one attached hydrogen (secondary N) is 1. The summed E-state index contributed by atoms with van der Waals surface area (Å²) >= 11 is 5.34. The first-order valence-corrected chi connectivity index (χ1v) is 8.68. The molecule has 2 rings (SSSR count). The summed E-state index contributed by atoms with van der Waals surface area (Å²) in [6.45, 7) is 8.22. The lowest BCUT2D eigenvalue weighted by Crippen LogP contribution is -2.27. The van der Waals surface area contributed by atoms with Crippen LogP contribution in [0.5, 0.6) is 0 Å². The molecule has 0 amide bonds. The maximum Gasteiger partial charge on any atom is 0.0897 e. The predicted molar refractivity (Wildman–Crippen MR) is 87.2 cm³/mol. The Labute approximate surface area is 132 Å². The lowest BCUT2D eigenvalue weighted by molar-refractivity contribution is 0.474. The summed E-state index contributed by atoms with van der Waals surface area (Å²) < 4.78 is 3.12. The van der Waals surface area contributed by atoms with Crippen LogP contribution in [-0.4, -0.2) is 21.3 Å². The summed E-state index contributed by atoms with van der Waals surface area (Å²) in [5, 5.41) is 11.3. The lowest BCUT2D eigenvalue weighted by Gasteiger charge is -2.19. The van der Waals surface area contributed by atoms with Gasteiger partial charge in [-0.2, -0.15) is 5.10 Å². The first-order chi connectivity index (χ1) is 9.65. The Morgan fingerprint density at radius 2 is 2.25 bits per heavy atom. The summed E-state index contributed by atoms with van der Waals surface area (Å²) in [4.78, 5) is 4.59. The van der Waals surface area contributed by atoms with E-state index in [9.17, 15) is 0 Å². The third-order valence-electron chi connectivity index (χ3n) is 3.18. The first kappa shape index (κ1) is 15.7. The Kier molecular flexibility index (Phi) is 5.74. The van der Waals surface area contributed by atoms with Crippen LogP contribution >= 0.6 is 27.3 Å². The van der Waals surface area contributed by atoms with Crippen LogP contribution in [0.3, 0.4) is 0 Å². The van der Waals surface area contributed by atoms with Crippen LogP contribution in [0.4, 0.5) is 0 Å². The molecule has 0 aromatic carbocycles. The van der Waals surface area contributed by atoms with E-state index in [0.717, 1.165) is 41.1 Å². The third kappa shape index (κ3) is 3.68. The van der Waals surface area contributed by atoms with Gasteiger partial charge in [0.1, 0.15) is 0 Å². The first-order valence-electron chi connectivity index (χ1n) is 7.01.